The Morgan fingerprint density at radius 1 is 1.26 bits per heavy atom. The monoisotopic (exact) mass is 385 g/mol. The van der Waals surface area contributed by atoms with Crippen LogP contribution in [0.15, 0.2) is 17.1 Å². The standard InChI is InChI=1S/C18H26F3N5O/c1-10(2)26-8-11(3)14(9-26)25-18(22-4)23-7-15(27)24-13-6-5-12(19)16(20)17(13)21/h5-6,10-11,14H,7-9H2,1-4H3,(H,24,27)(H2,22,23,25). The molecule has 6 nitrogen and oxygen atoms in total. The molecule has 0 spiro atoms. The topological polar surface area (TPSA) is 68.8 Å². The number of halogens is 3. The van der Waals surface area contributed by atoms with Crippen molar-refractivity contribution in [3.63, 3.8) is 0 Å². The third-order valence-electron chi connectivity index (χ3n) is 4.64. The van der Waals surface area contributed by atoms with Crippen LogP contribution in [-0.2, 0) is 4.79 Å². The normalized spacial score (nSPS) is 20.8. The first-order valence-corrected chi connectivity index (χ1v) is 8.87. The molecule has 0 bridgehead atoms. The van der Waals surface area contributed by atoms with Crippen molar-refractivity contribution < 1.29 is 18.0 Å². The number of nitrogens with zero attached hydrogens (tertiary/aromatic N) is 2. The molecule has 1 aromatic rings. The van der Waals surface area contributed by atoms with Crippen LogP contribution in [0.2, 0.25) is 0 Å². The van der Waals surface area contributed by atoms with Crippen LogP contribution in [0.25, 0.3) is 0 Å². The number of hydrogen-bond acceptors (Lipinski definition) is 3. The fourth-order valence-electron chi connectivity index (χ4n) is 2.96. The molecule has 2 atom stereocenters. The van der Waals surface area contributed by atoms with Gasteiger partial charge in [-0.25, -0.2) is 13.2 Å². The van der Waals surface area contributed by atoms with E-state index in [0.717, 1.165) is 25.2 Å². The molecule has 27 heavy (non-hydrogen) atoms. The van der Waals surface area contributed by atoms with E-state index < -0.39 is 29.0 Å². The van der Waals surface area contributed by atoms with Crippen molar-refractivity contribution in [2.75, 3.05) is 32.0 Å². The smallest absolute Gasteiger partial charge is 0.243 e. The highest BCUT2D eigenvalue weighted by Gasteiger charge is 2.31. The molecule has 1 heterocycles. The minimum Gasteiger partial charge on any atom is -0.352 e. The van der Waals surface area contributed by atoms with E-state index in [1.54, 1.807) is 7.05 Å². The van der Waals surface area contributed by atoms with Gasteiger partial charge in [-0.2, -0.15) is 0 Å². The van der Waals surface area contributed by atoms with Crippen molar-refractivity contribution in [3.8, 4) is 0 Å². The first-order chi connectivity index (χ1) is 12.7. The number of amides is 1. The van der Waals surface area contributed by atoms with E-state index in [9.17, 15) is 18.0 Å². The lowest BCUT2D eigenvalue weighted by molar-refractivity contribution is -0.115. The molecule has 0 aromatic heterocycles. The van der Waals surface area contributed by atoms with Crippen LogP contribution >= 0.6 is 0 Å². The van der Waals surface area contributed by atoms with Gasteiger partial charge in [0.05, 0.1) is 12.2 Å². The molecule has 150 valence electrons. The van der Waals surface area contributed by atoms with Crippen molar-refractivity contribution in [2.45, 2.75) is 32.9 Å². The van der Waals surface area contributed by atoms with E-state index in [4.69, 9.17) is 0 Å². The van der Waals surface area contributed by atoms with Gasteiger partial charge in [-0.15, -0.1) is 0 Å². The number of guanidine groups is 1. The Morgan fingerprint density at radius 3 is 2.56 bits per heavy atom. The minimum atomic E-state index is -1.62. The van der Waals surface area contributed by atoms with Gasteiger partial charge in [0, 0.05) is 32.2 Å². The number of carbonyl (C=O) groups is 1. The van der Waals surface area contributed by atoms with Crippen molar-refractivity contribution in [1.82, 2.24) is 15.5 Å². The first kappa shape index (κ1) is 21.0. The highest BCUT2D eigenvalue weighted by atomic mass is 19.2. The third-order valence-corrected chi connectivity index (χ3v) is 4.64. The second-order valence-electron chi connectivity index (χ2n) is 6.97. The molecule has 0 aliphatic carbocycles. The average Bonchev–Trinajstić information content (AvgIpc) is 3.00. The summed E-state index contributed by atoms with van der Waals surface area (Å²) in [6.45, 7) is 8.07. The van der Waals surface area contributed by atoms with E-state index >= 15 is 0 Å². The van der Waals surface area contributed by atoms with Crippen LogP contribution in [0.1, 0.15) is 20.8 Å². The summed E-state index contributed by atoms with van der Waals surface area (Å²) in [5.41, 5.74) is -0.416. The zero-order valence-electron chi connectivity index (χ0n) is 15.9. The lowest BCUT2D eigenvalue weighted by Gasteiger charge is -2.21. The number of aliphatic imine (C=N–C) groups is 1. The van der Waals surface area contributed by atoms with Gasteiger partial charge in [-0.1, -0.05) is 6.92 Å². The van der Waals surface area contributed by atoms with Crippen LogP contribution < -0.4 is 16.0 Å². The fourth-order valence-corrected chi connectivity index (χ4v) is 2.96. The SMILES string of the molecule is CN=C(NCC(=O)Nc1ccc(F)c(F)c1F)NC1CN(C(C)C)CC1C. The van der Waals surface area contributed by atoms with Crippen molar-refractivity contribution in [2.24, 2.45) is 10.9 Å². The van der Waals surface area contributed by atoms with Crippen LogP contribution in [0.4, 0.5) is 18.9 Å². The van der Waals surface area contributed by atoms with E-state index in [1.165, 1.54) is 0 Å². The number of benzene rings is 1. The largest absolute Gasteiger partial charge is 0.352 e. The highest BCUT2D eigenvalue weighted by Crippen LogP contribution is 2.20. The maximum Gasteiger partial charge on any atom is 0.243 e. The number of anilines is 1. The Labute approximate surface area is 157 Å². The third kappa shape index (κ3) is 5.35. The van der Waals surface area contributed by atoms with Gasteiger partial charge in [-0.05, 0) is 31.9 Å². The van der Waals surface area contributed by atoms with Gasteiger partial charge in [0.1, 0.15) is 0 Å². The molecule has 0 radical (unpaired) electrons. The molecule has 1 aliphatic rings. The lowest BCUT2D eigenvalue weighted by Crippen LogP contribution is -2.48. The summed E-state index contributed by atoms with van der Waals surface area (Å²) < 4.78 is 39.8. The molecule has 1 saturated heterocycles. The second kappa shape index (κ2) is 9.07. The summed E-state index contributed by atoms with van der Waals surface area (Å²) in [5.74, 6) is -4.11. The molecule has 1 aliphatic heterocycles. The van der Waals surface area contributed by atoms with Crippen LogP contribution in [0.3, 0.4) is 0 Å². The summed E-state index contributed by atoms with van der Waals surface area (Å²) >= 11 is 0. The van der Waals surface area contributed by atoms with Gasteiger partial charge >= 0.3 is 0 Å². The van der Waals surface area contributed by atoms with Gasteiger partial charge in [0.15, 0.2) is 23.4 Å². The lowest BCUT2D eigenvalue weighted by atomic mass is 10.1. The predicted octanol–water partition coefficient (Wildman–Crippen LogP) is 1.94. The summed E-state index contributed by atoms with van der Waals surface area (Å²) in [4.78, 5) is 18.4. The Hall–Kier alpha value is -2.29. The quantitative estimate of drug-likeness (QED) is 0.412. The van der Waals surface area contributed by atoms with Crippen molar-refractivity contribution in [1.29, 1.82) is 0 Å². The molecule has 1 amide bonds. The molecular formula is C18H26F3N5O. The highest BCUT2D eigenvalue weighted by molar-refractivity contribution is 5.95. The Bertz CT molecular complexity index is 710. The maximum absolute atomic E-state index is 13.6. The van der Waals surface area contributed by atoms with Gasteiger partial charge in [-0.3, -0.25) is 14.7 Å². The molecule has 2 unspecified atom stereocenters. The zero-order chi connectivity index (χ0) is 20.1. The predicted molar refractivity (Wildman–Crippen MR) is 99.1 cm³/mol. The Balaban J connectivity index is 1.87. The second-order valence-corrected chi connectivity index (χ2v) is 6.97. The van der Waals surface area contributed by atoms with Gasteiger partial charge in [0.2, 0.25) is 5.91 Å². The number of likely N-dealkylation sites (tertiary alicyclic amines) is 1. The van der Waals surface area contributed by atoms with E-state index in [1.807, 2.05) is 0 Å². The van der Waals surface area contributed by atoms with Crippen LogP contribution in [-0.4, -0.2) is 55.5 Å². The molecule has 9 heteroatoms. The van der Waals surface area contributed by atoms with E-state index in [2.05, 4.69) is 46.6 Å². The number of carbonyl (C=O) groups excluding carboxylic acids is 1. The van der Waals surface area contributed by atoms with E-state index in [-0.39, 0.29) is 12.6 Å². The summed E-state index contributed by atoms with van der Waals surface area (Å²) in [5, 5.41) is 8.33. The minimum absolute atomic E-state index is 0.185. The Kier molecular flexibility index (Phi) is 7.06. The number of hydrogen-bond donors (Lipinski definition) is 3. The van der Waals surface area contributed by atoms with Crippen molar-refractivity contribution in [3.05, 3.63) is 29.6 Å². The number of rotatable bonds is 5. The molecule has 3 N–H and O–H groups in total. The van der Waals surface area contributed by atoms with Crippen molar-refractivity contribution >= 4 is 17.6 Å². The first-order valence-electron chi connectivity index (χ1n) is 8.87. The molecule has 1 fully saturated rings. The average molecular weight is 385 g/mol. The molecule has 0 saturated carbocycles. The zero-order valence-corrected chi connectivity index (χ0v) is 15.9. The van der Waals surface area contributed by atoms with Gasteiger partial charge < -0.3 is 16.0 Å². The van der Waals surface area contributed by atoms with Crippen LogP contribution in [0.5, 0.6) is 0 Å². The summed E-state index contributed by atoms with van der Waals surface area (Å²) in [6, 6.07) is 2.36. The summed E-state index contributed by atoms with van der Waals surface area (Å²) in [7, 11) is 1.59. The van der Waals surface area contributed by atoms with Crippen LogP contribution in [0, 0.1) is 23.4 Å². The molecule has 1 aromatic carbocycles. The molecule has 2 rings (SSSR count). The van der Waals surface area contributed by atoms with E-state index in [0.29, 0.717) is 17.9 Å². The number of nitrogens with one attached hydrogen (secondary N) is 3. The maximum atomic E-state index is 13.6. The molecular weight excluding hydrogens is 359 g/mol. The fraction of sp³-hybridized carbons (Fsp3) is 0.556. The Morgan fingerprint density at radius 2 is 1.96 bits per heavy atom. The van der Waals surface area contributed by atoms with Gasteiger partial charge in [0.25, 0.3) is 0 Å². The summed E-state index contributed by atoms with van der Waals surface area (Å²) in [6.07, 6.45) is 0.